The molecule has 146 valence electrons. The number of nitrogens with two attached hydrogens (primary N) is 1. The minimum Gasteiger partial charge on any atom is -0.351 e. The highest BCUT2D eigenvalue weighted by Gasteiger charge is 2.18. The van der Waals surface area contributed by atoms with Crippen LogP contribution >= 0.6 is 0 Å². The van der Waals surface area contributed by atoms with E-state index in [-0.39, 0.29) is 23.5 Å². The Morgan fingerprint density at radius 2 is 1.45 bits per heavy atom. The van der Waals surface area contributed by atoms with E-state index in [4.69, 9.17) is 5.73 Å². The van der Waals surface area contributed by atoms with Crippen molar-refractivity contribution in [3.8, 4) is 0 Å². The van der Waals surface area contributed by atoms with Gasteiger partial charge in [0.25, 0.3) is 5.91 Å². The number of hydrogen-bond donors (Lipinski definition) is 3. The highest BCUT2D eigenvalue weighted by atomic mass is 19.1. The molecule has 0 aliphatic carbocycles. The number of carbonyl (C=O) groups excluding carboxylic acids is 3. The number of anilines is 1. The second-order valence-corrected chi connectivity index (χ2v) is 6.25. The van der Waals surface area contributed by atoms with Crippen LogP contribution in [0.5, 0.6) is 0 Å². The summed E-state index contributed by atoms with van der Waals surface area (Å²) in [5, 5.41) is 5.22. The van der Waals surface area contributed by atoms with E-state index in [1.807, 2.05) is 0 Å². The maximum absolute atomic E-state index is 13.1. The van der Waals surface area contributed by atoms with Crippen LogP contribution in [0, 0.1) is 5.82 Å². The third kappa shape index (κ3) is 5.04. The van der Waals surface area contributed by atoms with E-state index in [0.29, 0.717) is 11.3 Å². The fourth-order valence-electron chi connectivity index (χ4n) is 2.76. The van der Waals surface area contributed by atoms with Gasteiger partial charge in [-0.2, -0.15) is 0 Å². The summed E-state index contributed by atoms with van der Waals surface area (Å²) in [6.07, 6.45) is 0. The van der Waals surface area contributed by atoms with Gasteiger partial charge in [-0.25, -0.2) is 9.18 Å². The molecule has 0 saturated carbocycles. The molecule has 0 heterocycles. The van der Waals surface area contributed by atoms with Crippen molar-refractivity contribution >= 4 is 23.4 Å². The van der Waals surface area contributed by atoms with Gasteiger partial charge in [0.15, 0.2) is 5.78 Å². The molecule has 0 radical (unpaired) electrons. The van der Waals surface area contributed by atoms with Crippen molar-refractivity contribution in [2.24, 2.45) is 5.73 Å². The number of nitrogens with one attached hydrogen (secondary N) is 2. The number of benzene rings is 3. The highest BCUT2D eigenvalue weighted by molar-refractivity contribution is 6.15. The van der Waals surface area contributed by atoms with Gasteiger partial charge in [-0.3, -0.25) is 9.59 Å². The number of primary amides is 1. The number of rotatable bonds is 6. The van der Waals surface area contributed by atoms with Crippen molar-refractivity contribution < 1.29 is 18.8 Å². The van der Waals surface area contributed by atoms with Crippen molar-refractivity contribution in [3.05, 3.63) is 101 Å². The smallest absolute Gasteiger partial charge is 0.316 e. The Morgan fingerprint density at radius 3 is 2.07 bits per heavy atom. The standard InChI is InChI=1S/C22H18FN3O3/c23-16-9-7-15(8-10-16)20(27)18-3-1-2-4-19(18)21(28)25-13-14-5-11-17(12-6-14)26-22(24)29/h1-12H,13H2,(H,25,28)(H3,24,26,29). The maximum Gasteiger partial charge on any atom is 0.316 e. The average molecular weight is 391 g/mol. The number of amides is 3. The third-order valence-corrected chi connectivity index (χ3v) is 4.20. The summed E-state index contributed by atoms with van der Waals surface area (Å²) >= 11 is 0. The van der Waals surface area contributed by atoms with Gasteiger partial charge in [-0.05, 0) is 48.0 Å². The highest BCUT2D eigenvalue weighted by Crippen LogP contribution is 2.16. The molecule has 0 saturated heterocycles. The molecule has 0 atom stereocenters. The van der Waals surface area contributed by atoms with Crippen molar-refractivity contribution in [1.29, 1.82) is 0 Å². The molecule has 29 heavy (non-hydrogen) atoms. The predicted molar refractivity (Wildman–Crippen MR) is 107 cm³/mol. The minimum atomic E-state index is -0.659. The summed E-state index contributed by atoms with van der Waals surface area (Å²) in [5.41, 5.74) is 7.17. The second kappa shape index (κ2) is 8.79. The predicted octanol–water partition coefficient (Wildman–Crippen LogP) is 3.48. The lowest BCUT2D eigenvalue weighted by atomic mass is 9.98. The normalized spacial score (nSPS) is 10.2. The quantitative estimate of drug-likeness (QED) is 0.561. The molecule has 0 aliphatic heterocycles. The first-order valence-electron chi connectivity index (χ1n) is 8.77. The lowest BCUT2D eigenvalue weighted by molar-refractivity contribution is 0.0939. The summed E-state index contributed by atoms with van der Waals surface area (Å²) in [6.45, 7) is 0.231. The lowest BCUT2D eigenvalue weighted by Gasteiger charge is -2.10. The summed E-state index contributed by atoms with van der Waals surface area (Å²) in [6, 6.07) is 17.8. The van der Waals surface area contributed by atoms with Crippen LogP contribution in [0.15, 0.2) is 72.8 Å². The summed E-state index contributed by atoms with van der Waals surface area (Å²) in [5.74, 6) is -1.21. The number of halogens is 1. The summed E-state index contributed by atoms with van der Waals surface area (Å²) in [7, 11) is 0. The van der Waals surface area contributed by atoms with E-state index in [9.17, 15) is 18.8 Å². The summed E-state index contributed by atoms with van der Waals surface area (Å²) < 4.78 is 13.1. The van der Waals surface area contributed by atoms with Gasteiger partial charge in [-0.15, -0.1) is 0 Å². The average Bonchev–Trinajstić information content (AvgIpc) is 2.72. The van der Waals surface area contributed by atoms with E-state index in [0.717, 1.165) is 5.56 Å². The van der Waals surface area contributed by atoms with Crippen LogP contribution in [0.25, 0.3) is 0 Å². The molecule has 3 aromatic carbocycles. The zero-order valence-electron chi connectivity index (χ0n) is 15.3. The lowest BCUT2D eigenvalue weighted by Crippen LogP contribution is -2.25. The maximum atomic E-state index is 13.1. The molecular formula is C22H18FN3O3. The first-order valence-corrected chi connectivity index (χ1v) is 8.77. The fourth-order valence-corrected chi connectivity index (χ4v) is 2.76. The molecule has 0 spiro atoms. The number of carbonyl (C=O) groups is 3. The van der Waals surface area contributed by atoms with Crippen LogP contribution in [0.1, 0.15) is 31.8 Å². The number of ketones is 1. The van der Waals surface area contributed by atoms with Gasteiger partial charge in [-0.1, -0.05) is 30.3 Å². The zero-order chi connectivity index (χ0) is 20.8. The van der Waals surface area contributed by atoms with Gasteiger partial charge in [0.2, 0.25) is 0 Å². The molecule has 3 amide bonds. The van der Waals surface area contributed by atoms with Gasteiger partial charge in [0.05, 0.1) is 5.56 Å². The second-order valence-electron chi connectivity index (χ2n) is 6.25. The number of hydrogen-bond acceptors (Lipinski definition) is 3. The SMILES string of the molecule is NC(=O)Nc1ccc(CNC(=O)c2ccccc2C(=O)c2ccc(F)cc2)cc1. The van der Waals surface area contributed by atoms with E-state index >= 15 is 0 Å². The molecule has 0 fully saturated rings. The van der Waals surface area contributed by atoms with Crippen LogP contribution in [0.4, 0.5) is 14.9 Å². The van der Waals surface area contributed by atoms with Gasteiger partial charge < -0.3 is 16.4 Å². The fraction of sp³-hybridized carbons (Fsp3) is 0.0455. The van der Waals surface area contributed by atoms with Crippen molar-refractivity contribution in [3.63, 3.8) is 0 Å². The van der Waals surface area contributed by atoms with Gasteiger partial charge in [0, 0.05) is 23.4 Å². The molecule has 0 unspecified atom stereocenters. The molecule has 4 N–H and O–H groups in total. The topological polar surface area (TPSA) is 101 Å². The van der Waals surface area contributed by atoms with Gasteiger partial charge >= 0.3 is 6.03 Å². The van der Waals surface area contributed by atoms with Crippen LogP contribution < -0.4 is 16.4 Å². The molecular weight excluding hydrogens is 373 g/mol. The Labute approximate surface area is 166 Å². The Hall–Kier alpha value is -4.00. The van der Waals surface area contributed by atoms with E-state index in [1.54, 1.807) is 48.5 Å². The Balaban J connectivity index is 1.72. The summed E-state index contributed by atoms with van der Waals surface area (Å²) in [4.78, 5) is 36.2. The first-order chi connectivity index (χ1) is 13.9. The van der Waals surface area contributed by atoms with Crippen LogP contribution in [0.3, 0.4) is 0 Å². The van der Waals surface area contributed by atoms with Crippen LogP contribution in [-0.4, -0.2) is 17.7 Å². The van der Waals surface area contributed by atoms with Crippen molar-refractivity contribution in [2.45, 2.75) is 6.54 Å². The molecule has 6 nitrogen and oxygen atoms in total. The van der Waals surface area contributed by atoms with Crippen LogP contribution in [0.2, 0.25) is 0 Å². The molecule has 3 aromatic rings. The monoisotopic (exact) mass is 391 g/mol. The Kier molecular flexibility index (Phi) is 5.99. The van der Waals surface area contributed by atoms with Crippen molar-refractivity contribution in [1.82, 2.24) is 5.32 Å². The molecule has 3 rings (SSSR count). The van der Waals surface area contributed by atoms with E-state index in [2.05, 4.69) is 10.6 Å². The molecule has 0 aromatic heterocycles. The third-order valence-electron chi connectivity index (χ3n) is 4.20. The molecule has 7 heteroatoms. The molecule has 0 bridgehead atoms. The Bertz CT molecular complexity index is 1050. The van der Waals surface area contributed by atoms with Crippen molar-refractivity contribution in [2.75, 3.05) is 5.32 Å². The first kappa shape index (κ1) is 19.8. The van der Waals surface area contributed by atoms with E-state index < -0.39 is 17.8 Å². The molecule has 0 aliphatic rings. The Morgan fingerprint density at radius 1 is 0.828 bits per heavy atom. The van der Waals surface area contributed by atoms with E-state index in [1.165, 1.54) is 24.3 Å². The zero-order valence-corrected chi connectivity index (χ0v) is 15.3. The van der Waals surface area contributed by atoms with Crippen LogP contribution in [-0.2, 0) is 6.54 Å². The minimum absolute atomic E-state index is 0.230. The number of urea groups is 1. The largest absolute Gasteiger partial charge is 0.351 e. The van der Waals surface area contributed by atoms with Gasteiger partial charge in [0.1, 0.15) is 5.82 Å².